The molecule has 0 atom stereocenters. The van der Waals surface area contributed by atoms with Crippen LogP contribution in [0.25, 0.3) is 0 Å². The van der Waals surface area contributed by atoms with Crippen LogP contribution in [0.3, 0.4) is 0 Å². The van der Waals surface area contributed by atoms with Crippen LogP contribution in [-0.2, 0) is 22.4 Å². The molecule has 1 amide bonds. The van der Waals surface area contributed by atoms with E-state index in [2.05, 4.69) is 29.6 Å². The van der Waals surface area contributed by atoms with Gasteiger partial charge in [-0.05, 0) is 55.4 Å². The van der Waals surface area contributed by atoms with Gasteiger partial charge in [0.1, 0.15) is 12.3 Å². The van der Waals surface area contributed by atoms with Gasteiger partial charge in [0.2, 0.25) is 5.91 Å². The number of ether oxygens (including phenoxy) is 1. The largest absolute Gasteiger partial charge is 0.494 e. The molecule has 2 N–H and O–H groups in total. The Morgan fingerprint density at radius 3 is 2.26 bits per heavy atom. The monoisotopic (exact) mass is 369 g/mol. The fourth-order valence-electron chi connectivity index (χ4n) is 2.72. The normalized spacial score (nSPS) is 10.4. The lowest BCUT2D eigenvalue weighted by Crippen LogP contribution is -2.29. The van der Waals surface area contributed by atoms with Gasteiger partial charge in [0, 0.05) is 6.42 Å². The summed E-state index contributed by atoms with van der Waals surface area (Å²) in [4.78, 5) is 21.9. The molecule has 144 valence electrons. The van der Waals surface area contributed by atoms with Gasteiger partial charge in [-0.1, -0.05) is 42.5 Å². The summed E-state index contributed by atoms with van der Waals surface area (Å²) in [5.41, 5.74) is 2.40. The van der Waals surface area contributed by atoms with Crippen LogP contribution in [0.4, 0.5) is 0 Å². The first-order chi connectivity index (χ1) is 13.1. The van der Waals surface area contributed by atoms with Crippen LogP contribution in [0, 0.1) is 0 Å². The zero-order valence-corrected chi connectivity index (χ0v) is 15.5. The summed E-state index contributed by atoms with van der Waals surface area (Å²) in [6.45, 7) is 0.364. The van der Waals surface area contributed by atoms with Crippen LogP contribution < -0.4 is 10.1 Å². The fourth-order valence-corrected chi connectivity index (χ4v) is 2.72. The van der Waals surface area contributed by atoms with Crippen molar-refractivity contribution >= 4 is 11.9 Å². The van der Waals surface area contributed by atoms with E-state index in [0.29, 0.717) is 13.0 Å². The molecular weight excluding hydrogens is 342 g/mol. The number of benzene rings is 2. The highest BCUT2D eigenvalue weighted by atomic mass is 16.5. The lowest BCUT2D eigenvalue weighted by molar-refractivity contribution is -0.137. The molecule has 27 heavy (non-hydrogen) atoms. The lowest BCUT2D eigenvalue weighted by Gasteiger charge is -2.08. The highest BCUT2D eigenvalue weighted by Crippen LogP contribution is 2.14. The Morgan fingerprint density at radius 1 is 0.852 bits per heavy atom. The van der Waals surface area contributed by atoms with Crippen LogP contribution in [0.2, 0.25) is 0 Å². The predicted octanol–water partition coefficient (Wildman–Crippen LogP) is 3.61. The number of amides is 1. The van der Waals surface area contributed by atoms with Crippen LogP contribution in [0.5, 0.6) is 5.75 Å². The Balaban J connectivity index is 1.57. The molecule has 0 saturated heterocycles. The van der Waals surface area contributed by atoms with E-state index in [1.54, 1.807) is 0 Å². The van der Waals surface area contributed by atoms with Gasteiger partial charge in [0.05, 0.1) is 6.61 Å². The summed E-state index contributed by atoms with van der Waals surface area (Å²) in [5, 5.41) is 10.9. The number of carboxylic acid groups (broad SMARTS) is 1. The quantitative estimate of drug-likeness (QED) is 0.561. The molecule has 0 fully saturated rings. The standard InChI is InChI=1S/C22H27NO4/c24-21(23-17-22(25)26)15-12-19-10-13-20(14-11-19)27-16-6-2-5-9-18-7-3-1-4-8-18/h1,3-4,7-8,10-11,13-14H,2,5-6,9,12,15-17H2,(H,23,24)(H,25,26). The van der Waals surface area contributed by atoms with Gasteiger partial charge in [-0.2, -0.15) is 0 Å². The molecule has 2 aromatic carbocycles. The Labute approximate surface area is 160 Å². The second kappa shape index (κ2) is 11.7. The zero-order chi connectivity index (χ0) is 19.3. The second-order valence-electron chi connectivity index (χ2n) is 6.46. The third-order valence-corrected chi connectivity index (χ3v) is 4.22. The van der Waals surface area contributed by atoms with Crippen LogP contribution >= 0.6 is 0 Å². The van der Waals surface area contributed by atoms with Crippen LogP contribution in [0.1, 0.15) is 36.8 Å². The van der Waals surface area contributed by atoms with E-state index in [1.165, 1.54) is 5.56 Å². The van der Waals surface area contributed by atoms with Crippen LogP contribution in [-0.4, -0.2) is 30.1 Å². The zero-order valence-electron chi connectivity index (χ0n) is 15.5. The number of carboxylic acids is 1. The van der Waals surface area contributed by atoms with E-state index in [0.717, 1.165) is 37.0 Å². The number of nitrogens with one attached hydrogen (secondary N) is 1. The first-order valence-electron chi connectivity index (χ1n) is 9.37. The molecule has 0 saturated carbocycles. The van der Waals surface area contributed by atoms with Crippen molar-refractivity contribution in [1.29, 1.82) is 0 Å². The Kier molecular flexibility index (Phi) is 8.90. The number of unbranched alkanes of at least 4 members (excludes halogenated alkanes) is 2. The second-order valence-corrected chi connectivity index (χ2v) is 6.46. The molecule has 0 bridgehead atoms. The number of carbonyl (C=O) groups excluding carboxylic acids is 1. The topological polar surface area (TPSA) is 75.6 Å². The molecule has 2 rings (SSSR count). The minimum Gasteiger partial charge on any atom is -0.494 e. The highest BCUT2D eigenvalue weighted by Gasteiger charge is 2.04. The van der Waals surface area contributed by atoms with Gasteiger partial charge in [-0.3, -0.25) is 9.59 Å². The third-order valence-electron chi connectivity index (χ3n) is 4.22. The number of rotatable bonds is 12. The molecule has 5 heteroatoms. The summed E-state index contributed by atoms with van der Waals surface area (Å²) in [6.07, 6.45) is 5.28. The average Bonchev–Trinajstić information content (AvgIpc) is 2.69. The smallest absolute Gasteiger partial charge is 0.322 e. The highest BCUT2D eigenvalue weighted by molar-refractivity contribution is 5.81. The average molecular weight is 369 g/mol. The third kappa shape index (κ3) is 8.90. The first-order valence-corrected chi connectivity index (χ1v) is 9.37. The molecule has 0 heterocycles. The Bertz CT molecular complexity index is 698. The molecule has 0 spiro atoms. The van der Waals surface area contributed by atoms with Gasteiger partial charge in [-0.15, -0.1) is 0 Å². The van der Waals surface area contributed by atoms with Crippen molar-refractivity contribution in [3.05, 3.63) is 65.7 Å². The van der Waals surface area contributed by atoms with Crippen LogP contribution in [0.15, 0.2) is 54.6 Å². The maximum Gasteiger partial charge on any atom is 0.322 e. The maximum absolute atomic E-state index is 11.5. The fraction of sp³-hybridized carbons (Fsp3) is 0.364. The van der Waals surface area contributed by atoms with E-state index in [9.17, 15) is 9.59 Å². The maximum atomic E-state index is 11.5. The minimum absolute atomic E-state index is 0.256. The number of hydrogen-bond donors (Lipinski definition) is 2. The van der Waals surface area contributed by atoms with Crippen molar-refractivity contribution in [2.75, 3.05) is 13.2 Å². The Hall–Kier alpha value is -2.82. The summed E-state index contributed by atoms with van der Waals surface area (Å²) >= 11 is 0. The van der Waals surface area contributed by atoms with E-state index in [1.807, 2.05) is 30.3 Å². The van der Waals surface area contributed by atoms with Crippen molar-refractivity contribution in [2.45, 2.75) is 38.5 Å². The molecule has 0 radical (unpaired) electrons. The van der Waals surface area contributed by atoms with E-state index in [4.69, 9.17) is 9.84 Å². The minimum atomic E-state index is -1.04. The van der Waals surface area contributed by atoms with Gasteiger partial charge >= 0.3 is 5.97 Å². The summed E-state index contributed by atoms with van der Waals surface area (Å²) in [7, 11) is 0. The van der Waals surface area contributed by atoms with Crippen molar-refractivity contribution in [2.24, 2.45) is 0 Å². The van der Waals surface area contributed by atoms with Gasteiger partial charge in [-0.25, -0.2) is 0 Å². The molecule has 2 aromatic rings. The first kappa shape index (κ1) is 20.5. The summed E-state index contributed by atoms with van der Waals surface area (Å²) in [6, 6.07) is 18.2. The number of aryl methyl sites for hydroxylation is 2. The van der Waals surface area contributed by atoms with Gasteiger partial charge in [0.15, 0.2) is 0 Å². The number of hydrogen-bond acceptors (Lipinski definition) is 3. The van der Waals surface area contributed by atoms with E-state index < -0.39 is 5.97 Å². The van der Waals surface area contributed by atoms with Crippen molar-refractivity contribution in [3.63, 3.8) is 0 Å². The molecular formula is C22H27NO4. The Morgan fingerprint density at radius 2 is 1.56 bits per heavy atom. The van der Waals surface area contributed by atoms with Crippen molar-refractivity contribution in [1.82, 2.24) is 5.32 Å². The predicted molar refractivity (Wildman–Crippen MR) is 105 cm³/mol. The van der Waals surface area contributed by atoms with Crippen molar-refractivity contribution in [3.8, 4) is 5.75 Å². The van der Waals surface area contributed by atoms with E-state index in [-0.39, 0.29) is 18.9 Å². The molecule has 0 aliphatic carbocycles. The molecule has 0 aliphatic rings. The van der Waals surface area contributed by atoms with Crippen molar-refractivity contribution < 1.29 is 19.4 Å². The molecule has 0 aromatic heterocycles. The van der Waals surface area contributed by atoms with E-state index >= 15 is 0 Å². The molecule has 0 aliphatic heterocycles. The number of carbonyl (C=O) groups is 2. The van der Waals surface area contributed by atoms with Gasteiger partial charge < -0.3 is 15.2 Å². The summed E-state index contributed by atoms with van der Waals surface area (Å²) < 4.78 is 5.76. The summed E-state index contributed by atoms with van der Waals surface area (Å²) in [5.74, 6) is -0.463. The molecule has 5 nitrogen and oxygen atoms in total. The SMILES string of the molecule is O=C(O)CNC(=O)CCc1ccc(OCCCCCc2ccccc2)cc1. The van der Waals surface area contributed by atoms with Gasteiger partial charge in [0.25, 0.3) is 0 Å². The molecule has 0 unspecified atom stereocenters. The number of aliphatic carboxylic acids is 1. The lowest BCUT2D eigenvalue weighted by atomic mass is 10.1.